The summed E-state index contributed by atoms with van der Waals surface area (Å²) in [4.78, 5) is 17.4. The summed E-state index contributed by atoms with van der Waals surface area (Å²) in [5.74, 6) is -0.598. The first-order valence-electron chi connectivity index (χ1n) is 10.8. The van der Waals surface area contributed by atoms with Gasteiger partial charge in [0.25, 0.3) is 10.0 Å². The fourth-order valence-electron chi connectivity index (χ4n) is 3.70. The summed E-state index contributed by atoms with van der Waals surface area (Å²) in [7, 11) is -3.69. The van der Waals surface area contributed by atoms with Crippen LogP contribution in [0.5, 0.6) is 0 Å². The summed E-state index contributed by atoms with van der Waals surface area (Å²) in [5.41, 5.74) is 3.54. The molecule has 1 unspecified atom stereocenters. The Morgan fingerprint density at radius 2 is 1.65 bits per heavy atom. The number of aliphatic imine (C=N–C) groups is 1. The minimum atomic E-state index is -3.69. The van der Waals surface area contributed by atoms with Crippen molar-refractivity contribution in [2.45, 2.75) is 31.4 Å². The maximum atomic E-state index is 12.8. The number of amidine groups is 1. The number of hydrogen-bond acceptors (Lipinski definition) is 6. The van der Waals surface area contributed by atoms with E-state index in [0.29, 0.717) is 11.1 Å². The van der Waals surface area contributed by atoms with E-state index in [1.165, 1.54) is 6.07 Å². The number of carbonyl (C=O) groups is 1. The highest BCUT2D eigenvalue weighted by molar-refractivity contribution is 7.90. The summed E-state index contributed by atoms with van der Waals surface area (Å²) in [6.45, 7) is 3.70. The Kier molecular flexibility index (Phi) is 6.48. The number of carbonyl (C=O) groups excluding carboxylic acids is 1. The van der Waals surface area contributed by atoms with Gasteiger partial charge in [-0.3, -0.25) is 9.71 Å². The number of sulfonamides is 1. The zero-order valence-electron chi connectivity index (χ0n) is 18.7. The van der Waals surface area contributed by atoms with Crippen LogP contribution in [0.1, 0.15) is 30.5 Å². The molecule has 0 aromatic heterocycles. The molecule has 0 aliphatic carbocycles. The molecule has 1 atom stereocenters. The molecule has 7 nitrogen and oxygen atoms in total. The largest absolute Gasteiger partial charge is 0.459 e. The Bertz CT molecular complexity index is 1400. The summed E-state index contributed by atoms with van der Waals surface area (Å²) in [5, 5.41) is 9.31. The van der Waals surface area contributed by atoms with Crippen molar-refractivity contribution in [1.82, 2.24) is 4.72 Å². The van der Waals surface area contributed by atoms with Crippen LogP contribution in [-0.2, 0) is 26.2 Å². The Hall–Kier alpha value is -3.96. The number of nitrogens with one attached hydrogen (secondary N) is 1. The Morgan fingerprint density at radius 1 is 1.00 bits per heavy atom. The molecule has 0 fully saturated rings. The molecule has 0 saturated heterocycles. The highest BCUT2D eigenvalue weighted by atomic mass is 32.2. The summed E-state index contributed by atoms with van der Waals surface area (Å²) >= 11 is 0. The van der Waals surface area contributed by atoms with Gasteiger partial charge in [0.2, 0.25) is 0 Å². The second-order valence-electron chi connectivity index (χ2n) is 8.23. The molecule has 0 amide bonds. The van der Waals surface area contributed by atoms with Gasteiger partial charge in [-0.2, -0.15) is 5.26 Å². The quantitative estimate of drug-likeness (QED) is 0.544. The fraction of sp³-hybridized carbons (Fsp3) is 0.192. The van der Waals surface area contributed by atoms with Crippen LogP contribution in [0.2, 0.25) is 0 Å². The number of esters is 1. The van der Waals surface area contributed by atoms with Crippen molar-refractivity contribution in [2.24, 2.45) is 10.9 Å². The van der Waals surface area contributed by atoms with E-state index in [1.807, 2.05) is 56.3 Å². The van der Waals surface area contributed by atoms with Gasteiger partial charge in [-0.05, 0) is 40.8 Å². The van der Waals surface area contributed by atoms with Crippen molar-refractivity contribution >= 4 is 21.8 Å². The van der Waals surface area contributed by atoms with Crippen LogP contribution in [0.15, 0.2) is 82.7 Å². The maximum Gasteiger partial charge on any atom is 0.331 e. The van der Waals surface area contributed by atoms with Gasteiger partial charge in [0.15, 0.2) is 6.04 Å². The minimum absolute atomic E-state index is 0.0510. The van der Waals surface area contributed by atoms with E-state index in [9.17, 15) is 18.5 Å². The lowest BCUT2D eigenvalue weighted by Gasteiger charge is -2.16. The van der Waals surface area contributed by atoms with Gasteiger partial charge >= 0.3 is 5.97 Å². The zero-order chi connectivity index (χ0) is 24.3. The summed E-state index contributed by atoms with van der Waals surface area (Å²) in [6, 6.07) is 22.6. The molecule has 1 aliphatic rings. The zero-order valence-corrected chi connectivity index (χ0v) is 19.5. The SMILES string of the molecule is CC(C)C(N=C1NS(=O)(=O)c2ccccc21)C(=O)OCc1ccc(-c2ccccc2C#N)cc1. The maximum absolute atomic E-state index is 12.8. The number of benzene rings is 3. The number of rotatable bonds is 6. The van der Waals surface area contributed by atoms with Crippen molar-refractivity contribution in [2.75, 3.05) is 0 Å². The van der Waals surface area contributed by atoms with E-state index in [4.69, 9.17) is 4.74 Å². The third-order valence-electron chi connectivity index (χ3n) is 5.50. The van der Waals surface area contributed by atoms with E-state index in [2.05, 4.69) is 15.8 Å². The highest BCUT2D eigenvalue weighted by Gasteiger charge is 2.33. The number of ether oxygens (including phenoxy) is 1. The van der Waals surface area contributed by atoms with E-state index < -0.39 is 22.0 Å². The molecule has 3 aromatic carbocycles. The van der Waals surface area contributed by atoms with Gasteiger partial charge in [-0.25, -0.2) is 13.2 Å². The van der Waals surface area contributed by atoms with Crippen LogP contribution in [0.3, 0.4) is 0 Å². The second-order valence-corrected chi connectivity index (χ2v) is 9.88. The van der Waals surface area contributed by atoms with Gasteiger partial charge in [0.1, 0.15) is 12.4 Å². The van der Waals surface area contributed by atoms with Crippen LogP contribution in [0.25, 0.3) is 11.1 Å². The van der Waals surface area contributed by atoms with Crippen LogP contribution in [-0.4, -0.2) is 26.3 Å². The van der Waals surface area contributed by atoms with Gasteiger partial charge in [-0.15, -0.1) is 0 Å². The van der Waals surface area contributed by atoms with Crippen molar-refractivity contribution < 1.29 is 17.9 Å². The number of fused-ring (bicyclic) bond motifs is 1. The summed E-state index contributed by atoms with van der Waals surface area (Å²) in [6.07, 6.45) is 0. The molecule has 172 valence electrons. The molecule has 8 heteroatoms. The molecule has 0 radical (unpaired) electrons. The topological polar surface area (TPSA) is 109 Å². The highest BCUT2D eigenvalue weighted by Crippen LogP contribution is 2.25. The molecular weight excluding hydrogens is 450 g/mol. The van der Waals surface area contributed by atoms with Gasteiger partial charge in [0.05, 0.1) is 16.5 Å². The normalized spacial score (nSPS) is 15.9. The van der Waals surface area contributed by atoms with Crippen LogP contribution < -0.4 is 4.72 Å². The van der Waals surface area contributed by atoms with E-state index in [1.54, 1.807) is 24.3 Å². The van der Waals surface area contributed by atoms with Crippen LogP contribution in [0.4, 0.5) is 0 Å². The fourth-order valence-corrected chi connectivity index (χ4v) is 4.93. The molecule has 0 saturated carbocycles. The second kappa shape index (κ2) is 9.49. The van der Waals surface area contributed by atoms with Crippen molar-refractivity contribution in [3.8, 4) is 17.2 Å². The average Bonchev–Trinajstić information content (AvgIpc) is 3.11. The van der Waals surface area contributed by atoms with E-state index in [0.717, 1.165) is 16.7 Å². The molecule has 3 aromatic rings. The van der Waals surface area contributed by atoms with Crippen LogP contribution in [0, 0.1) is 17.2 Å². The lowest BCUT2D eigenvalue weighted by Crippen LogP contribution is -2.31. The van der Waals surface area contributed by atoms with Crippen molar-refractivity contribution in [3.05, 3.63) is 89.5 Å². The van der Waals surface area contributed by atoms with Gasteiger partial charge in [-0.1, -0.05) is 68.4 Å². The number of nitrogens with zero attached hydrogens (tertiary/aromatic N) is 2. The number of nitriles is 1. The van der Waals surface area contributed by atoms with Gasteiger partial charge < -0.3 is 4.74 Å². The summed E-state index contributed by atoms with van der Waals surface area (Å²) < 4.78 is 32.6. The first-order chi connectivity index (χ1) is 16.3. The molecule has 0 spiro atoms. The van der Waals surface area contributed by atoms with E-state index in [-0.39, 0.29) is 23.3 Å². The molecular formula is C26H23N3O4S. The lowest BCUT2D eigenvalue weighted by atomic mass is 9.99. The van der Waals surface area contributed by atoms with Crippen molar-refractivity contribution in [1.29, 1.82) is 5.26 Å². The Balaban J connectivity index is 1.48. The number of hydrogen-bond donors (Lipinski definition) is 1. The van der Waals surface area contributed by atoms with Crippen LogP contribution >= 0.6 is 0 Å². The van der Waals surface area contributed by atoms with E-state index >= 15 is 0 Å². The first kappa shape index (κ1) is 23.2. The third-order valence-corrected chi connectivity index (χ3v) is 6.89. The lowest BCUT2D eigenvalue weighted by molar-refractivity contribution is -0.147. The monoisotopic (exact) mass is 473 g/mol. The average molecular weight is 474 g/mol. The first-order valence-corrected chi connectivity index (χ1v) is 12.2. The molecule has 1 heterocycles. The smallest absolute Gasteiger partial charge is 0.331 e. The Labute approximate surface area is 198 Å². The third kappa shape index (κ3) is 4.70. The standard InChI is InChI=1S/C26H23N3O4S/c1-17(2)24(28-25-22-9-5-6-10-23(22)34(31,32)29-25)26(30)33-16-18-11-13-19(14-12-18)21-8-4-3-7-20(21)15-27/h3-14,17,24H,16H2,1-2H3,(H,28,29). The minimum Gasteiger partial charge on any atom is -0.459 e. The molecule has 0 bridgehead atoms. The molecule has 4 rings (SSSR count). The predicted molar refractivity (Wildman–Crippen MR) is 128 cm³/mol. The van der Waals surface area contributed by atoms with Crippen molar-refractivity contribution in [3.63, 3.8) is 0 Å². The molecule has 1 N–H and O–H groups in total. The molecule has 34 heavy (non-hydrogen) atoms. The Morgan fingerprint density at radius 3 is 2.32 bits per heavy atom. The predicted octanol–water partition coefficient (Wildman–Crippen LogP) is 4.03. The van der Waals surface area contributed by atoms with Gasteiger partial charge in [0, 0.05) is 5.56 Å². The molecule has 1 aliphatic heterocycles.